The van der Waals surface area contributed by atoms with Crippen LogP contribution in [0, 0.1) is 5.92 Å². The summed E-state index contributed by atoms with van der Waals surface area (Å²) in [4.78, 5) is 6.28. The molecule has 118 valence electrons. The molecule has 2 rings (SSSR count). The van der Waals surface area contributed by atoms with Gasteiger partial charge in [-0.2, -0.15) is 0 Å². The molecule has 1 atom stereocenters. The van der Waals surface area contributed by atoms with Crippen LogP contribution in [0.1, 0.15) is 20.3 Å². The summed E-state index contributed by atoms with van der Waals surface area (Å²) >= 11 is 0. The summed E-state index contributed by atoms with van der Waals surface area (Å²) in [5.74, 6) is 5.68. The Morgan fingerprint density at radius 3 is 2.90 bits per heavy atom. The zero-order chi connectivity index (χ0) is 15.5. The van der Waals surface area contributed by atoms with Crippen molar-refractivity contribution in [2.75, 3.05) is 25.1 Å². The van der Waals surface area contributed by atoms with Crippen molar-refractivity contribution in [3.8, 4) is 0 Å². The lowest BCUT2D eigenvalue weighted by molar-refractivity contribution is 0.265. The van der Waals surface area contributed by atoms with Crippen LogP contribution in [0.15, 0.2) is 23.4 Å². The normalized spacial score (nSPS) is 20.1. The van der Waals surface area contributed by atoms with Crippen LogP contribution in [0.4, 0.5) is 5.69 Å². The van der Waals surface area contributed by atoms with Crippen LogP contribution in [0.25, 0.3) is 0 Å². The van der Waals surface area contributed by atoms with E-state index in [1.807, 2.05) is 0 Å². The molecule has 1 aromatic rings. The van der Waals surface area contributed by atoms with Gasteiger partial charge in [-0.3, -0.25) is 10.8 Å². The van der Waals surface area contributed by atoms with E-state index >= 15 is 0 Å². The van der Waals surface area contributed by atoms with Crippen molar-refractivity contribution >= 4 is 15.7 Å². The van der Waals surface area contributed by atoms with E-state index in [0.29, 0.717) is 24.2 Å². The Labute approximate surface area is 125 Å². The lowest BCUT2D eigenvalue weighted by atomic mass is 10.1. The predicted molar refractivity (Wildman–Crippen MR) is 82.1 cm³/mol. The topological polar surface area (TPSA) is 100 Å². The molecule has 7 nitrogen and oxygen atoms in total. The number of hydrazine groups is 1. The van der Waals surface area contributed by atoms with Crippen molar-refractivity contribution in [3.63, 3.8) is 0 Å². The second-order valence-electron chi connectivity index (χ2n) is 5.61. The van der Waals surface area contributed by atoms with E-state index in [1.165, 1.54) is 18.5 Å². The van der Waals surface area contributed by atoms with Gasteiger partial charge in [0.1, 0.15) is 4.90 Å². The average molecular weight is 313 g/mol. The second kappa shape index (κ2) is 6.69. The molecule has 0 bridgehead atoms. The first kappa shape index (κ1) is 16.2. The Kier molecular flexibility index (Phi) is 5.15. The summed E-state index contributed by atoms with van der Waals surface area (Å²) in [6, 6.07) is 2.03. The van der Waals surface area contributed by atoms with Gasteiger partial charge in [-0.15, -0.1) is 0 Å². The highest BCUT2D eigenvalue weighted by Gasteiger charge is 2.26. The summed E-state index contributed by atoms with van der Waals surface area (Å²) in [6.07, 6.45) is 3.80. The summed E-state index contributed by atoms with van der Waals surface area (Å²) in [7, 11) is -3.60. The Morgan fingerprint density at radius 2 is 2.29 bits per heavy atom. The van der Waals surface area contributed by atoms with Crippen LogP contribution >= 0.6 is 0 Å². The zero-order valence-electron chi connectivity index (χ0n) is 12.4. The molecule has 21 heavy (non-hydrogen) atoms. The fourth-order valence-electron chi connectivity index (χ4n) is 2.52. The summed E-state index contributed by atoms with van der Waals surface area (Å²) in [5.41, 5.74) is 2.72. The van der Waals surface area contributed by atoms with Crippen LogP contribution in [0.3, 0.4) is 0 Å². The van der Waals surface area contributed by atoms with E-state index in [0.717, 1.165) is 19.5 Å². The van der Waals surface area contributed by atoms with Gasteiger partial charge >= 0.3 is 0 Å². The number of pyridine rings is 1. The van der Waals surface area contributed by atoms with Crippen LogP contribution < -0.4 is 16.0 Å². The van der Waals surface area contributed by atoms with Crippen molar-refractivity contribution in [1.82, 2.24) is 14.6 Å². The predicted octanol–water partition coefficient (Wildman–Crippen LogP) is 0.376. The molecule has 0 spiro atoms. The molecule has 0 radical (unpaired) electrons. The first-order chi connectivity index (χ1) is 9.94. The molecule has 1 saturated heterocycles. The number of nitrogens with two attached hydrogens (primary N) is 1. The van der Waals surface area contributed by atoms with Gasteiger partial charge in [0.2, 0.25) is 10.0 Å². The minimum atomic E-state index is -3.60. The van der Waals surface area contributed by atoms with Crippen LogP contribution in [-0.4, -0.2) is 44.0 Å². The first-order valence-electron chi connectivity index (χ1n) is 7.08. The van der Waals surface area contributed by atoms with Gasteiger partial charge in [0.15, 0.2) is 0 Å². The molecule has 1 aromatic heterocycles. The molecule has 0 aliphatic carbocycles. The van der Waals surface area contributed by atoms with Crippen molar-refractivity contribution in [1.29, 1.82) is 0 Å². The number of nitrogens with one attached hydrogen (secondary N) is 2. The molecule has 0 saturated carbocycles. The third-order valence-electron chi connectivity index (χ3n) is 3.84. The molecule has 1 unspecified atom stereocenters. The number of anilines is 1. The van der Waals surface area contributed by atoms with Gasteiger partial charge in [-0.05, 0) is 38.8 Å². The largest absolute Gasteiger partial charge is 0.323 e. The Morgan fingerprint density at radius 1 is 1.52 bits per heavy atom. The van der Waals surface area contributed by atoms with Gasteiger partial charge in [0.25, 0.3) is 0 Å². The SMILES string of the molecule is CC(C)N1CCC(CNS(=O)(=O)c2cnccc2NN)C1. The highest BCUT2D eigenvalue weighted by atomic mass is 32.2. The number of rotatable bonds is 6. The van der Waals surface area contributed by atoms with Gasteiger partial charge < -0.3 is 10.3 Å². The minimum absolute atomic E-state index is 0.0752. The number of aromatic nitrogens is 1. The lowest BCUT2D eigenvalue weighted by Crippen LogP contribution is -2.33. The van der Waals surface area contributed by atoms with Gasteiger partial charge in [-0.1, -0.05) is 0 Å². The maximum Gasteiger partial charge on any atom is 0.244 e. The fourth-order valence-corrected chi connectivity index (χ4v) is 3.74. The maximum atomic E-state index is 12.3. The second-order valence-corrected chi connectivity index (χ2v) is 7.35. The Balaban J connectivity index is 1.99. The molecule has 1 aliphatic rings. The van der Waals surface area contributed by atoms with E-state index in [4.69, 9.17) is 5.84 Å². The number of nitrogens with zero attached hydrogens (tertiary/aromatic N) is 2. The van der Waals surface area contributed by atoms with E-state index in [1.54, 1.807) is 0 Å². The minimum Gasteiger partial charge on any atom is -0.323 e. The third kappa shape index (κ3) is 3.91. The average Bonchev–Trinajstić information content (AvgIpc) is 2.94. The van der Waals surface area contributed by atoms with E-state index in [-0.39, 0.29) is 4.90 Å². The van der Waals surface area contributed by atoms with Crippen molar-refractivity contribution in [2.45, 2.75) is 31.2 Å². The molecular weight excluding hydrogens is 290 g/mol. The molecular formula is C13H23N5O2S. The Hall–Kier alpha value is -1.22. The van der Waals surface area contributed by atoms with E-state index < -0.39 is 10.0 Å². The summed E-state index contributed by atoms with van der Waals surface area (Å²) < 4.78 is 27.3. The van der Waals surface area contributed by atoms with E-state index in [2.05, 4.69) is 33.9 Å². The van der Waals surface area contributed by atoms with Gasteiger partial charge in [-0.25, -0.2) is 13.1 Å². The maximum absolute atomic E-state index is 12.3. The molecule has 8 heteroatoms. The molecule has 1 fully saturated rings. The highest BCUT2D eigenvalue weighted by molar-refractivity contribution is 7.89. The number of hydrogen-bond donors (Lipinski definition) is 3. The number of sulfonamides is 1. The summed E-state index contributed by atoms with van der Waals surface area (Å²) in [5, 5.41) is 0. The molecule has 2 heterocycles. The van der Waals surface area contributed by atoms with Gasteiger partial charge in [0.05, 0.1) is 5.69 Å². The molecule has 4 N–H and O–H groups in total. The van der Waals surface area contributed by atoms with Crippen LogP contribution in [0.2, 0.25) is 0 Å². The Bertz CT molecular complexity index is 576. The highest BCUT2D eigenvalue weighted by Crippen LogP contribution is 2.21. The first-order valence-corrected chi connectivity index (χ1v) is 8.56. The number of nitrogen functional groups attached to an aromatic ring is 1. The van der Waals surface area contributed by atoms with Crippen molar-refractivity contribution in [3.05, 3.63) is 18.5 Å². The number of likely N-dealkylation sites (tertiary alicyclic amines) is 1. The zero-order valence-corrected chi connectivity index (χ0v) is 13.2. The third-order valence-corrected chi connectivity index (χ3v) is 5.29. The fraction of sp³-hybridized carbons (Fsp3) is 0.615. The van der Waals surface area contributed by atoms with Crippen molar-refractivity contribution in [2.24, 2.45) is 11.8 Å². The van der Waals surface area contributed by atoms with Gasteiger partial charge in [0, 0.05) is 31.5 Å². The van der Waals surface area contributed by atoms with Crippen LogP contribution in [-0.2, 0) is 10.0 Å². The van der Waals surface area contributed by atoms with E-state index in [9.17, 15) is 8.42 Å². The summed E-state index contributed by atoms with van der Waals surface area (Å²) in [6.45, 7) is 6.69. The van der Waals surface area contributed by atoms with Crippen LogP contribution in [0.5, 0.6) is 0 Å². The molecule has 0 aromatic carbocycles. The smallest absolute Gasteiger partial charge is 0.244 e. The monoisotopic (exact) mass is 313 g/mol. The standard InChI is InChI=1S/C13H23N5O2S/c1-10(2)18-6-4-11(9-18)7-16-21(19,20)13-8-15-5-3-12(13)17-14/h3,5,8,10-11,16H,4,6-7,9,14H2,1-2H3,(H,15,17). The number of hydrogen-bond acceptors (Lipinski definition) is 6. The quantitative estimate of drug-likeness (QED) is 0.518. The molecule has 1 aliphatic heterocycles. The molecule has 0 amide bonds. The lowest BCUT2D eigenvalue weighted by Gasteiger charge is -2.20. The van der Waals surface area contributed by atoms with Crippen molar-refractivity contribution < 1.29 is 8.42 Å².